The number of nitrogens with zero attached hydrogens (tertiary/aromatic N) is 3. The standard InChI is InChI=1S/C25H18ClN3O2.C4H10O/c1-15-12-18-13-17(24-25-28-9-11-29(25)10-8-27-24)4-7-20(18)23(21(15)14-22(30)31)16-2-5-19(26)6-3-16;1-4(2,3)5/h2-13H,14H2,1H3,(H,30,31);5H,1-3H3. The molecule has 184 valence electrons. The Morgan fingerprint density at radius 2 is 1.58 bits per heavy atom. The largest absolute Gasteiger partial charge is 0.481 e. The minimum atomic E-state index is -0.857. The van der Waals surface area contributed by atoms with E-state index in [1.807, 2.05) is 66.2 Å². The molecule has 0 radical (unpaired) electrons. The van der Waals surface area contributed by atoms with Gasteiger partial charge in [-0.15, -0.1) is 0 Å². The van der Waals surface area contributed by atoms with Gasteiger partial charge >= 0.3 is 5.97 Å². The van der Waals surface area contributed by atoms with Crippen LogP contribution in [0.25, 0.3) is 38.8 Å². The first-order valence-corrected chi connectivity index (χ1v) is 11.9. The van der Waals surface area contributed by atoms with E-state index in [1.165, 1.54) is 0 Å². The molecule has 7 heteroatoms. The molecule has 0 aliphatic rings. The zero-order valence-corrected chi connectivity index (χ0v) is 21.4. The van der Waals surface area contributed by atoms with Gasteiger partial charge in [-0.3, -0.25) is 9.78 Å². The van der Waals surface area contributed by atoms with E-state index < -0.39 is 11.6 Å². The molecular formula is C29H28ClN3O3. The van der Waals surface area contributed by atoms with E-state index >= 15 is 0 Å². The van der Waals surface area contributed by atoms with Gasteiger partial charge < -0.3 is 14.6 Å². The molecule has 3 aromatic carbocycles. The van der Waals surface area contributed by atoms with Gasteiger partial charge in [-0.25, -0.2) is 4.98 Å². The van der Waals surface area contributed by atoms with Crippen molar-refractivity contribution in [2.24, 2.45) is 0 Å². The summed E-state index contributed by atoms with van der Waals surface area (Å²) in [5.74, 6) is -0.857. The summed E-state index contributed by atoms with van der Waals surface area (Å²) < 4.78 is 1.94. The molecule has 0 bridgehead atoms. The van der Waals surface area contributed by atoms with Crippen LogP contribution in [0.3, 0.4) is 0 Å². The zero-order valence-electron chi connectivity index (χ0n) is 20.7. The molecule has 0 aliphatic carbocycles. The molecule has 5 aromatic rings. The second kappa shape index (κ2) is 10.1. The molecule has 0 amide bonds. The van der Waals surface area contributed by atoms with Crippen LogP contribution < -0.4 is 0 Å². The van der Waals surface area contributed by atoms with Crippen LogP contribution in [-0.2, 0) is 11.2 Å². The van der Waals surface area contributed by atoms with Crippen LogP contribution in [-0.4, -0.2) is 36.2 Å². The molecule has 5 rings (SSSR count). The number of imidazole rings is 1. The van der Waals surface area contributed by atoms with Crippen LogP contribution in [0.4, 0.5) is 0 Å². The average Bonchev–Trinajstić information content (AvgIpc) is 3.28. The smallest absolute Gasteiger partial charge is 0.307 e. The number of aromatic nitrogens is 3. The average molecular weight is 502 g/mol. The quantitative estimate of drug-likeness (QED) is 0.290. The number of carboxylic acids is 1. The highest BCUT2D eigenvalue weighted by molar-refractivity contribution is 6.30. The molecule has 6 nitrogen and oxygen atoms in total. The van der Waals surface area contributed by atoms with Crippen LogP contribution in [0.15, 0.2) is 73.3 Å². The lowest BCUT2D eigenvalue weighted by atomic mass is 9.88. The van der Waals surface area contributed by atoms with Crippen molar-refractivity contribution in [1.82, 2.24) is 14.4 Å². The van der Waals surface area contributed by atoms with Gasteiger partial charge in [-0.05, 0) is 78.9 Å². The summed E-state index contributed by atoms with van der Waals surface area (Å²) in [5, 5.41) is 20.7. The van der Waals surface area contributed by atoms with Crippen molar-refractivity contribution in [1.29, 1.82) is 0 Å². The van der Waals surface area contributed by atoms with Crippen LogP contribution in [0.5, 0.6) is 0 Å². The van der Waals surface area contributed by atoms with E-state index in [9.17, 15) is 9.90 Å². The van der Waals surface area contributed by atoms with E-state index in [0.29, 0.717) is 5.02 Å². The van der Waals surface area contributed by atoms with Crippen molar-refractivity contribution in [2.75, 3.05) is 0 Å². The molecule has 0 fully saturated rings. The van der Waals surface area contributed by atoms with E-state index in [4.69, 9.17) is 16.7 Å². The molecule has 0 saturated carbocycles. The molecular weight excluding hydrogens is 474 g/mol. The Labute approximate surface area is 214 Å². The van der Waals surface area contributed by atoms with Crippen LogP contribution in [0.1, 0.15) is 31.9 Å². The van der Waals surface area contributed by atoms with E-state index in [0.717, 1.165) is 49.9 Å². The minimum Gasteiger partial charge on any atom is -0.481 e. The zero-order chi connectivity index (χ0) is 26.0. The Morgan fingerprint density at radius 1 is 0.972 bits per heavy atom. The van der Waals surface area contributed by atoms with Crippen LogP contribution in [0.2, 0.25) is 5.02 Å². The first kappa shape index (κ1) is 25.4. The van der Waals surface area contributed by atoms with Crippen molar-refractivity contribution in [3.63, 3.8) is 0 Å². The number of fused-ring (bicyclic) bond motifs is 2. The molecule has 36 heavy (non-hydrogen) atoms. The number of carboxylic acid groups (broad SMARTS) is 1. The van der Waals surface area contributed by atoms with Gasteiger partial charge in [-0.1, -0.05) is 41.9 Å². The maximum atomic E-state index is 11.6. The fraction of sp³-hybridized carbons (Fsp3) is 0.207. The molecule has 0 saturated heterocycles. The van der Waals surface area contributed by atoms with Crippen molar-refractivity contribution < 1.29 is 15.0 Å². The molecule has 0 unspecified atom stereocenters. The fourth-order valence-corrected chi connectivity index (χ4v) is 4.25. The molecule has 2 heterocycles. The normalized spacial score (nSPS) is 11.4. The molecule has 2 N–H and O–H groups in total. The maximum absolute atomic E-state index is 11.6. The first-order chi connectivity index (χ1) is 17.0. The Hall–Kier alpha value is -3.74. The van der Waals surface area contributed by atoms with Crippen molar-refractivity contribution in [3.05, 3.63) is 89.5 Å². The number of aryl methyl sites for hydroxylation is 1. The van der Waals surface area contributed by atoms with Gasteiger partial charge in [0.05, 0.1) is 12.0 Å². The Balaban J connectivity index is 0.000000556. The van der Waals surface area contributed by atoms with Gasteiger partial charge in [0.25, 0.3) is 0 Å². The van der Waals surface area contributed by atoms with Crippen molar-refractivity contribution in [3.8, 4) is 22.4 Å². The number of aliphatic carboxylic acids is 1. The lowest BCUT2D eigenvalue weighted by molar-refractivity contribution is -0.136. The Kier molecular flexibility index (Phi) is 7.11. The van der Waals surface area contributed by atoms with E-state index in [1.54, 1.807) is 33.2 Å². The highest BCUT2D eigenvalue weighted by Crippen LogP contribution is 2.37. The lowest BCUT2D eigenvalue weighted by Crippen LogP contribution is -2.10. The molecule has 0 aliphatic heterocycles. The number of hydrogen-bond acceptors (Lipinski definition) is 4. The second-order valence-corrected chi connectivity index (χ2v) is 10.1. The SMILES string of the molecule is CC(C)(C)O.Cc1cc2cc(-c3nccn4ccnc34)ccc2c(-c2ccc(Cl)cc2)c1CC(=O)O. The van der Waals surface area contributed by atoms with Crippen molar-refractivity contribution >= 4 is 34.0 Å². The van der Waals surface area contributed by atoms with Gasteiger partial charge in [0.2, 0.25) is 0 Å². The molecule has 0 atom stereocenters. The predicted molar refractivity (Wildman–Crippen MR) is 144 cm³/mol. The minimum absolute atomic E-state index is 0.0452. The summed E-state index contributed by atoms with van der Waals surface area (Å²) in [7, 11) is 0. The molecule has 2 aromatic heterocycles. The lowest BCUT2D eigenvalue weighted by Gasteiger charge is -2.17. The third-order valence-electron chi connectivity index (χ3n) is 5.52. The monoisotopic (exact) mass is 501 g/mol. The summed E-state index contributed by atoms with van der Waals surface area (Å²) in [4.78, 5) is 20.6. The summed E-state index contributed by atoms with van der Waals surface area (Å²) in [6.07, 6.45) is 7.23. The summed E-state index contributed by atoms with van der Waals surface area (Å²) in [5.41, 5.74) is 5.65. The summed E-state index contributed by atoms with van der Waals surface area (Å²) >= 11 is 6.09. The second-order valence-electron chi connectivity index (χ2n) is 9.67. The van der Waals surface area contributed by atoms with E-state index in [-0.39, 0.29) is 6.42 Å². The Morgan fingerprint density at radius 3 is 2.22 bits per heavy atom. The molecule has 0 spiro atoms. The van der Waals surface area contributed by atoms with E-state index in [2.05, 4.69) is 16.0 Å². The van der Waals surface area contributed by atoms with Crippen LogP contribution >= 0.6 is 11.6 Å². The van der Waals surface area contributed by atoms with Gasteiger partial charge in [0.15, 0.2) is 5.65 Å². The highest BCUT2D eigenvalue weighted by atomic mass is 35.5. The number of rotatable bonds is 4. The predicted octanol–water partition coefficient (Wildman–Crippen LogP) is 6.58. The van der Waals surface area contributed by atoms with Crippen LogP contribution in [0, 0.1) is 6.92 Å². The third-order valence-corrected chi connectivity index (χ3v) is 5.77. The first-order valence-electron chi connectivity index (χ1n) is 11.6. The number of halogens is 1. The topological polar surface area (TPSA) is 87.7 Å². The summed E-state index contributed by atoms with van der Waals surface area (Å²) in [6, 6.07) is 15.7. The van der Waals surface area contributed by atoms with Crippen molar-refractivity contribution in [2.45, 2.75) is 39.7 Å². The number of benzene rings is 3. The number of aliphatic hydroxyl groups is 1. The van der Waals surface area contributed by atoms with Gasteiger partial charge in [0.1, 0.15) is 5.69 Å². The third kappa shape index (κ3) is 5.73. The summed E-state index contributed by atoms with van der Waals surface area (Å²) in [6.45, 7) is 7.18. The fourth-order valence-electron chi connectivity index (χ4n) is 4.12. The Bertz CT molecular complexity index is 1540. The number of carbonyl (C=O) groups is 1. The highest BCUT2D eigenvalue weighted by Gasteiger charge is 2.17. The maximum Gasteiger partial charge on any atom is 0.307 e. The number of hydrogen-bond donors (Lipinski definition) is 2. The van der Waals surface area contributed by atoms with Gasteiger partial charge in [-0.2, -0.15) is 0 Å². The van der Waals surface area contributed by atoms with Gasteiger partial charge in [0, 0.05) is 35.4 Å².